The lowest BCUT2D eigenvalue weighted by atomic mass is 9.89. The van der Waals surface area contributed by atoms with Crippen molar-refractivity contribution in [3.05, 3.63) is 11.7 Å². The van der Waals surface area contributed by atoms with Crippen molar-refractivity contribution in [1.29, 1.82) is 0 Å². The Bertz CT molecular complexity index is 578. The first-order valence-electron chi connectivity index (χ1n) is 7.81. The largest absolute Gasteiger partial charge is 0.339 e. The summed E-state index contributed by atoms with van der Waals surface area (Å²) in [6, 6.07) is 0. The normalized spacial score (nSPS) is 27.8. The summed E-state index contributed by atoms with van der Waals surface area (Å²) >= 11 is 0. The Hall–Kier alpha value is -0.950. The first-order valence-corrected chi connectivity index (χ1v) is 9.52. The van der Waals surface area contributed by atoms with E-state index in [1.165, 1.54) is 19.3 Å². The van der Waals surface area contributed by atoms with Crippen LogP contribution in [-0.4, -0.2) is 47.6 Å². The van der Waals surface area contributed by atoms with Crippen molar-refractivity contribution in [3.8, 4) is 0 Å². The van der Waals surface area contributed by atoms with Gasteiger partial charge >= 0.3 is 0 Å². The molecule has 1 unspecified atom stereocenters. The lowest BCUT2D eigenvalue weighted by Gasteiger charge is -2.29. The molecule has 7 heteroatoms. The minimum absolute atomic E-state index is 0.224. The highest BCUT2D eigenvalue weighted by atomic mass is 32.2. The van der Waals surface area contributed by atoms with Gasteiger partial charge in [0.15, 0.2) is 15.7 Å². The zero-order valence-corrected chi connectivity index (χ0v) is 13.3. The average Bonchev–Trinajstić information content (AvgIpc) is 2.93. The molecule has 1 aliphatic heterocycles. The molecule has 0 aromatic carbocycles. The van der Waals surface area contributed by atoms with Crippen LogP contribution in [0.25, 0.3) is 0 Å². The minimum atomic E-state index is -2.90. The molecule has 1 aromatic rings. The Balaban J connectivity index is 1.60. The quantitative estimate of drug-likeness (QED) is 0.846. The Labute approximate surface area is 125 Å². The number of sulfone groups is 1. The summed E-state index contributed by atoms with van der Waals surface area (Å²) in [5, 5.41) is 3.76. The monoisotopic (exact) mass is 313 g/mol. The highest BCUT2D eigenvalue weighted by molar-refractivity contribution is 7.92. The van der Waals surface area contributed by atoms with E-state index in [0.29, 0.717) is 31.4 Å². The van der Waals surface area contributed by atoms with Crippen LogP contribution in [0, 0.1) is 0 Å². The molecule has 1 saturated carbocycles. The van der Waals surface area contributed by atoms with Crippen LogP contribution in [0.5, 0.6) is 0 Å². The second-order valence-electron chi connectivity index (χ2n) is 6.30. The Morgan fingerprint density at radius 2 is 2.05 bits per heavy atom. The van der Waals surface area contributed by atoms with Gasteiger partial charge in [0.25, 0.3) is 0 Å². The fraction of sp³-hybridized carbons (Fsp3) is 0.857. The number of rotatable bonds is 3. The van der Waals surface area contributed by atoms with Crippen LogP contribution in [0.2, 0.25) is 0 Å². The van der Waals surface area contributed by atoms with E-state index in [-0.39, 0.29) is 11.0 Å². The van der Waals surface area contributed by atoms with Gasteiger partial charge in [-0.2, -0.15) is 4.98 Å². The van der Waals surface area contributed by atoms with E-state index < -0.39 is 9.84 Å². The van der Waals surface area contributed by atoms with Gasteiger partial charge in [0, 0.05) is 19.0 Å². The highest BCUT2D eigenvalue weighted by Gasteiger charge is 2.30. The summed E-state index contributed by atoms with van der Waals surface area (Å²) in [5.41, 5.74) is 0. The molecular weight excluding hydrogens is 290 g/mol. The van der Waals surface area contributed by atoms with Gasteiger partial charge in [0.2, 0.25) is 5.89 Å². The molecule has 21 heavy (non-hydrogen) atoms. The third-order valence-corrected chi connectivity index (χ3v) is 6.75. The minimum Gasteiger partial charge on any atom is -0.339 e. The molecule has 2 heterocycles. The molecule has 1 atom stereocenters. The van der Waals surface area contributed by atoms with E-state index in [2.05, 4.69) is 15.0 Å². The molecule has 0 amide bonds. The Morgan fingerprint density at radius 3 is 2.76 bits per heavy atom. The molecule has 0 spiro atoms. The van der Waals surface area contributed by atoms with Crippen molar-refractivity contribution >= 4 is 9.84 Å². The topological polar surface area (TPSA) is 76.3 Å². The van der Waals surface area contributed by atoms with Crippen LogP contribution >= 0.6 is 0 Å². The third-order valence-electron chi connectivity index (χ3n) is 4.62. The molecule has 1 aliphatic carbocycles. The van der Waals surface area contributed by atoms with Gasteiger partial charge in [-0.15, -0.1) is 0 Å². The van der Waals surface area contributed by atoms with E-state index in [0.717, 1.165) is 18.7 Å². The molecular formula is C14H23N3O3S. The van der Waals surface area contributed by atoms with Crippen molar-refractivity contribution < 1.29 is 12.9 Å². The van der Waals surface area contributed by atoms with Crippen LogP contribution in [0.1, 0.15) is 56.7 Å². The average molecular weight is 313 g/mol. The summed E-state index contributed by atoms with van der Waals surface area (Å²) < 4.78 is 28.8. The molecule has 2 aliphatic rings. The number of hydrogen-bond acceptors (Lipinski definition) is 6. The van der Waals surface area contributed by atoms with Crippen molar-refractivity contribution in [3.63, 3.8) is 0 Å². The van der Waals surface area contributed by atoms with E-state index in [4.69, 9.17) is 4.52 Å². The summed E-state index contributed by atoms with van der Waals surface area (Å²) in [4.78, 5) is 6.62. The summed E-state index contributed by atoms with van der Waals surface area (Å²) in [6.45, 7) is 3.46. The SMILES string of the molecule is CC1CN(Cc2noc(C3CCCCC3)n2)CCS1(=O)=O. The summed E-state index contributed by atoms with van der Waals surface area (Å²) in [6.07, 6.45) is 6.06. The van der Waals surface area contributed by atoms with Gasteiger partial charge < -0.3 is 4.52 Å². The number of nitrogens with zero attached hydrogens (tertiary/aromatic N) is 3. The Kier molecular flexibility index (Phi) is 4.31. The van der Waals surface area contributed by atoms with Crippen LogP contribution in [-0.2, 0) is 16.4 Å². The van der Waals surface area contributed by atoms with Crippen LogP contribution in [0.15, 0.2) is 4.52 Å². The molecule has 1 saturated heterocycles. The zero-order valence-electron chi connectivity index (χ0n) is 12.5. The van der Waals surface area contributed by atoms with Crippen molar-refractivity contribution in [2.24, 2.45) is 0 Å². The first kappa shape index (κ1) is 15.0. The second-order valence-corrected chi connectivity index (χ2v) is 8.84. The zero-order chi connectivity index (χ0) is 14.9. The highest BCUT2D eigenvalue weighted by Crippen LogP contribution is 2.31. The first-order chi connectivity index (χ1) is 10.0. The van der Waals surface area contributed by atoms with Gasteiger partial charge in [-0.3, -0.25) is 4.90 Å². The van der Waals surface area contributed by atoms with Crippen LogP contribution in [0.4, 0.5) is 0 Å². The molecule has 0 N–H and O–H groups in total. The predicted molar refractivity (Wildman–Crippen MR) is 78.6 cm³/mol. The predicted octanol–water partition coefficient (Wildman–Crippen LogP) is 1.74. The van der Waals surface area contributed by atoms with E-state index in [9.17, 15) is 8.42 Å². The standard InChI is InChI=1S/C14H23N3O3S/c1-11-9-17(7-8-21(11,18)19)10-13-15-14(20-16-13)12-5-3-2-4-6-12/h11-12H,2-10H2,1H3. The maximum absolute atomic E-state index is 11.7. The van der Waals surface area contributed by atoms with E-state index in [1.807, 2.05) is 0 Å². The molecule has 118 valence electrons. The van der Waals surface area contributed by atoms with Crippen molar-refractivity contribution in [2.45, 2.75) is 56.7 Å². The lowest BCUT2D eigenvalue weighted by molar-refractivity contribution is 0.257. The second kappa shape index (κ2) is 6.04. The molecule has 0 radical (unpaired) electrons. The number of hydrogen-bond donors (Lipinski definition) is 0. The third kappa shape index (κ3) is 3.45. The fourth-order valence-corrected chi connectivity index (χ4v) is 4.57. The Morgan fingerprint density at radius 1 is 1.29 bits per heavy atom. The smallest absolute Gasteiger partial charge is 0.229 e. The van der Waals surface area contributed by atoms with Gasteiger partial charge in [-0.25, -0.2) is 8.42 Å². The van der Waals surface area contributed by atoms with Crippen molar-refractivity contribution in [2.75, 3.05) is 18.8 Å². The van der Waals surface area contributed by atoms with E-state index >= 15 is 0 Å². The van der Waals surface area contributed by atoms with Gasteiger partial charge in [-0.05, 0) is 19.8 Å². The molecule has 3 rings (SSSR count). The number of aromatic nitrogens is 2. The van der Waals surface area contributed by atoms with E-state index in [1.54, 1.807) is 6.92 Å². The van der Waals surface area contributed by atoms with Gasteiger partial charge in [-0.1, -0.05) is 24.4 Å². The molecule has 6 nitrogen and oxygen atoms in total. The fourth-order valence-electron chi connectivity index (χ4n) is 3.22. The summed E-state index contributed by atoms with van der Waals surface area (Å²) in [5.74, 6) is 2.09. The molecule has 0 bridgehead atoms. The summed E-state index contributed by atoms with van der Waals surface area (Å²) in [7, 11) is -2.90. The molecule has 1 aromatic heterocycles. The van der Waals surface area contributed by atoms with Gasteiger partial charge in [0.05, 0.1) is 17.5 Å². The molecule has 2 fully saturated rings. The van der Waals surface area contributed by atoms with Crippen LogP contribution in [0.3, 0.4) is 0 Å². The lowest BCUT2D eigenvalue weighted by Crippen LogP contribution is -2.45. The maximum Gasteiger partial charge on any atom is 0.229 e. The van der Waals surface area contributed by atoms with Crippen LogP contribution < -0.4 is 0 Å². The van der Waals surface area contributed by atoms with Gasteiger partial charge in [0.1, 0.15) is 0 Å². The maximum atomic E-state index is 11.7. The van der Waals surface area contributed by atoms with Crippen molar-refractivity contribution in [1.82, 2.24) is 15.0 Å².